The summed E-state index contributed by atoms with van der Waals surface area (Å²) in [6, 6.07) is -1.17. The fraction of sp³-hybridized carbons (Fsp3) is 0.951. The lowest BCUT2D eigenvalue weighted by Crippen LogP contribution is -2.60. The van der Waals surface area contributed by atoms with Crippen LogP contribution in [0.1, 0.15) is 303 Å². The molecule has 0 spiro atoms. The van der Waals surface area contributed by atoms with E-state index in [0.29, 0.717) is 19.3 Å². The predicted octanol–water partition coefficient (Wildman–Crippen LogP) is 13.5. The number of aliphatic hydroxyl groups is 7. The monoisotopic (exact) mass is 1030 g/mol. The van der Waals surface area contributed by atoms with Crippen LogP contribution in [0.3, 0.4) is 0 Å². The Balaban J connectivity index is 2.19. The number of allylic oxidation sites excluding steroid dienone is 2. The number of unbranched alkanes of at least 4 members (excludes halogenated alkanes) is 40. The number of amides is 1. The van der Waals surface area contributed by atoms with E-state index in [1.165, 1.54) is 205 Å². The smallest absolute Gasteiger partial charge is 0.249 e. The van der Waals surface area contributed by atoms with Crippen molar-refractivity contribution in [1.82, 2.24) is 5.32 Å². The van der Waals surface area contributed by atoms with E-state index in [1.807, 2.05) is 0 Å². The number of carbonyl (C=O) groups is 1. The van der Waals surface area contributed by atoms with Crippen molar-refractivity contribution in [3.63, 3.8) is 0 Å². The number of hydrogen-bond donors (Lipinski definition) is 8. The third-order valence-corrected chi connectivity index (χ3v) is 15.3. The van der Waals surface area contributed by atoms with Crippen molar-refractivity contribution in [1.29, 1.82) is 0 Å². The molecule has 0 saturated carbocycles. The SMILES string of the molecule is CCCCCC/C=C\CCCCCCCCC(O)C(=O)NC(COC1OC(CO)C(O)C(O)C1O)C(O)C(O)CCCCCCCCCCCCCCCCCCCCCCCCCCCCCCCCC. The molecule has 1 fully saturated rings. The predicted molar refractivity (Wildman–Crippen MR) is 298 cm³/mol. The second-order valence-corrected chi connectivity index (χ2v) is 22.1. The molecule has 1 amide bonds. The molecular formula is C61H119NO10. The van der Waals surface area contributed by atoms with Gasteiger partial charge in [-0.05, 0) is 38.5 Å². The first-order chi connectivity index (χ1) is 35.2. The molecule has 8 N–H and O–H groups in total. The van der Waals surface area contributed by atoms with Gasteiger partial charge in [-0.1, -0.05) is 276 Å². The van der Waals surface area contributed by atoms with Gasteiger partial charge in [-0.3, -0.25) is 4.79 Å². The van der Waals surface area contributed by atoms with Crippen LogP contribution >= 0.6 is 0 Å². The largest absolute Gasteiger partial charge is 0.394 e. The second kappa shape index (κ2) is 50.7. The van der Waals surface area contributed by atoms with E-state index in [2.05, 4.69) is 31.3 Å². The summed E-state index contributed by atoms with van der Waals surface area (Å²) < 4.78 is 11.1. The van der Waals surface area contributed by atoms with Crippen LogP contribution < -0.4 is 5.32 Å². The van der Waals surface area contributed by atoms with Crippen LogP contribution in [0, 0.1) is 0 Å². The first-order valence-corrected chi connectivity index (χ1v) is 31.1. The fourth-order valence-electron chi connectivity index (χ4n) is 10.3. The van der Waals surface area contributed by atoms with Gasteiger partial charge in [0.1, 0.15) is 36.6 Å². The van der Waals surface area contributed by atoms with Gasteiger partial charge in [-0.2, -0.15) is 0 Å². The molecule has 0 aromatic carbocycles. The standard InChI is InChI=1S/C61H119NO10/c1-3-5-7-9-11-13-15-17-19-20-21-22-23-24-25-26-27-28-29-30-31-32-33-34-35-37-38-40-42-44-46-48-53(64)56(66)52(51-71-61-59(69)58(68)57(67)55(50-63)72-61)62-60(70)54(65)49-47-45-43-41-39-36-18-16-14-12-10-8-6-4-2/h14,16,52-59,61,63-69H,3-13,15,17-51H2,1-2H3,(H,62,70)/b16-14-. The summed E-state index contributed by atoms with van der Waals surface area (Å²) in [5.41, 5.74) is 0. The first-order valence-electron chi connectivity index (χ1n) is 31.1. The summed E-state index contributed by atoms with van der Waals surface area (Å²) in [7, 11) is 0. The molecule has 428 valence electrons. The molecule has 0 aliphatic carbocycles. The number of nitrogens with one attached hydrogen (secondary N) is 1. The van der Waals surface area contributed by atoms with Crippen molar-refractivity contribution in [3.8, 4) is 0 Å². The number of ether oxygens (including phenoxy) is 2. The van der Waals surface area contributed by atoms with Gasteiger partial charge in [-0.15, -0.1) is 0 Å². The molecule has 9 atom stereocenters. The molecule has 1 aliphatic heterocycles. The molecule has 11 heteroatoms. The molecular weight excluding hydrogens is 907 g/mol. The molecule has 9 unspecified atom stereocenters. The Labute approximate surface area is 442 Å². The average Bonchev–Trinajstić information content (AvgIpc) is 3.38. The lowest BCUT2D eigenvalue weighted by atomic mass is 9.98. The fourth-order valence-corrected chi connectivity index (χ4v) is 10.3. The van der Waals surface area contributed by atoms with E-state index in [0.717, 1.165) is 57.8 Å². The van der Waals surface area contributed by atoms with Gasteiger partial charge in [0.2, 0.25) is 5.91 Å². The summed E-state index contributed by atoms with van der Waals surface area (Å²) in [4.78, 5) is 13.2. The molecule has 1 heterocycles. The minimum Gasteiger partial charge on any atom is -0.394 e. The van der Waals surface area contributed by atoms with Gasteiger partial charge in [0.25, 0.3) is 0 Å². The Kier molecular flexibility index (Phi) is 48.4. The zero-order valence-corrected chi connectivity index (χ0v) is 46.9. The number of rotatable bonds is 54. The van der Waals surface area contributed by atoms with Crippen LogP contribution in [-0.2, 0) is 14.3 Å². The minimum absolute atomic E-state index is 0.255. The Morgan fingerprint density at radius 3 is 1.18 bits per heavy atom. The molecule has 0 aromatic rings. The summed E-state index contributed by atoms with van der Waals surface area (Å²) in [5.74, 6) is -0.698. The van der Waals surface area contributed by atoms with E-state index in [4.69, 9.17) is 9.47 Å². The van der Waals surface area contributed by atoms with E-state index in [1.54, 1.807) is 0 Å². The molecule has 1 aliphatic rings. The molecule has 1 rings (SSSR count). The lowest BCUT2D eigenvalue weighted by Gasteiger charge is -2.40. The highest BCUT2D eigenvalue weighted by atomic mass is 16.7. The van der Waals surface area contributed by atoms with Crippen molar-refractivity contribution in [2.45, 2.75) is 358 Å². The van der Waals surface area contributed by atoms with Gasteiger partial charge in [0.05, 0.1) is 25.4 Å². The number of aliphatic hydroxyl groups excluding tert-OH is 7. The molecule has 0 bridgehead atoms. The third-order valence-electron chi connectivity index (χ3n) is 15.3. The van der Waals surface area contributed by atoms with E-state index in [-0.39, 0.29) is 6.42 Å². The molecule has 72 heavy (non-hydrogen) atoms. The molecule has 1 saturated heterocycles. The molecule has 0 radical (unpaired) electrons. The summed E-state index contributed by atoms with van der Waals surface area (Å²) in [6.45, 7) is 3.47. The number of carbonyl (C=O) groups excluding carboxylic acids is 1. The van der Waals surface area contributed by atoms with Crippen LogP contribution in [0.15, 0.2) is 12.2 Å². The Bertz CT molecular complexity index is 1180. The van der Waals surface area contributed by atoms with Crippen molar-refractivity contribution in [2.24, 2.45) is 0 Å². The van der Waals surface area contributed by atoms with E-state index in [9.17, 15) is 40.5 Å². The van der Waals surface area contributed by atoms with Crippen LogP contribution in [-0.4, -0.2) is 110 Å². The zero-order valence-electron chi connectivity index (χ0n) is 46.9. The van der Waals surface area contributed by atoms with Crippen molar-refractivity contribution >= 4 is 5.91 Å². The Hall–Kier alpha value is -1.15. The highest BCUT2D eigenvalue weighted by Crippen LogP contribution is 2.24. The third kappa shape index (κ3) is 38.4. The highest BCUT2D eigenvalue weighted by Gasteiger charge is 2.44. The van der Waals surface area contributed by atoms with Gasteiger partial charge in [0, 0.05) is 0 Å². The zero-order chi connectivity index (χ0) is 52.5. The minimum atomic E-state index is -1.66. The second-order valence-electron chi connectivity index (χ2n) is 22.1. The first kappa shape index (κ1) is 68.9. The van der Waals surface area contributed by atoms with E-state index >= 15 is 0 Å². The highest BCUT2D eigenvalue weighted by molar-refractivity contribution is 5.80. The van der Waals surface area contributed by atoms with Crippen LogP contribution in [0.5, 0.6) is 0 Å². The van der Waals surface area contributed by atoms with Gasteiger partial charge < -0.3 is 50.5 Å². The number of hydrogen-bond acceptors (Lipinski definition) is 10. The average molecular weight is 1030 g/mol. The van der Waals surface area contributed by atoms with Crippen LogP contribution in [0.2, 0.25) is 0 Å². The van der Waals surface area contributed by atoms with Crippen LogP contribution in [0.25, 0.3) is 0 Å². The van der Waals surface area contributed by atoms with Crippen molar-refractivity contribution < 1.29 is 50.0 Å². The van der Waals surface area contributed by atoms with E-state index < -0.39 is 74.2 Å². The van der Waals surface area contributed by atoms with Gasteiger partial charge in [0.15, 0.2) is 6.29 Å². The normalized spacial score (nSPS) is 20.0. The van der Waals surface area contributed by atoms with Gasteiger partial charge in [-0.25, -0.2) is 0 Å². The van der Waals surface area contributed by atoms with Crippen LogP contribution in [0.4, 0.5) is 0 Å². The summed E-state index contributed by atoms with van der Waals surface area (Å²) in [5, 5.41) is 76.2. The maximum absolute atomic E-state index is 13.2. The molecule has 11 nitrogen and oxygen atoms in total. The maximum atomic E-state index is 13.2. The quantitative estimate of drug-likeness (QED) is 0.0215. The Morgan fingerprint density at radius 2 is 0.806 bits per heavy atom. The summed E-state index contributed by atoms with van der Waals surface area (Å²) in [6.07, 6.45) is 48.6. The Morgan fingerprint density at radius 1 is 0.472 bits per heavy atom. The lowest BCUT2D eigenvalue weighted by molar-refractivity contribution is -0.303. The maximum Gasteiger partial charge on any atom is 0.249 e. The molecule has 0 aromatic heterocycles. The van der Waals surface area contributed by atoms with Crippen molar-refractivity contribution in [3.05, 3.63) is 12.2 Å². The van der Waals surface area contributed by atoms with Gasteiger partial charge >= 0.3 is 0 Å². The topological polar surface area (TPSA) is 189 Å². The summed E-state index contributed by atoms with van der Waals surface area (Å²) >= 11 is 0. The van der Waals surface area contributed by atoms with Crippen molar-refractivity contribution in [2.75, 3.05) is 13.2 Å².